The van der Waals surface area contributed by atoms with Crippen molar-refractivity contribution in [3.05, 3.63) is 48.3 Å². The average molecular weight is 226 g/mol. The molecule has 0 unspecified atom stereocenters. The van der Waals surface area contributed by atoms with E-state index in [0.717, 1.165) is 23.3 Å². The molecule has 1 aromatic carbocycles. The van der Waals surface area contributed by atoms with Crippen LogP contribution in [-0.4, -0.2) is 17.6 Å². The molecule has 0 fully saturated rings. The molecule has 0 saturated carbocycles. The maximum atomic E-state index is 5.90. The number of ether oxygens (including phenoxy) is 1. The van der Waals surface area contributed by atoms with Gasteiger partial charge in [0.05, 0.1) is 0 Å². The standard InChI is InChI=1S/C14H14N2O/c15-13-7-12-6-10(3-4-14(12)17-9-13)11-2-1-5-16-8-11/h1-6,8,13H,7,9,15H2/t13-/m0/s1. The van der Waals surface area contributed by atoms with Crippen molar-refractivity contribution >= 4 is 0 Å². The van der Waals surface area contributed by atoms with Crippen molar-refractivity contribution in [3.63, 3.8) is 0 Å². The highest BCUT2D eigenvalue weighted by molar-refractivity contribution is 5.65. The zero-order chi connectivity index (χ0) is 11.7. The van der Waals surface area contributed by atoms with Crippen LogP contribution in [0.5, 0.6) is 5.75 Å². The van der Waals surface area contributed by atoms with Crippen molar-refractivity contribution in [1.29, 1.82) is 0 Å². The summed E-state index contributed by atoms with van der Waals surface area (Å²) in [5, 5.41) is 0. The Bertz CT molecular complexity index is 525. The third kappa shape index (κ3) is 2.01. The van der Waals surface area contributed by atoms with Crippen LogP contribution in [0.25, 0.3) is 11.1 Å². The molecule has 1 aliphatic rings. The van der Waals surface area contributed by atoms with Crippen molar-refractivity contribution < 1.29 is 4.74 Å². The van der Waals surface area contributed by atoms with Gasteiger partial charge < -0.3 is 10.5 Å². The normalized spacial score (nSPS) is 18.3. The van der Waals surface area contributed by atoms with Gasteiger partial charge in [0.2, 0.25) is 0 Å². The highest BCUT2D eigenvalue weighted by Crippen LogP contribution is 2.29. The fraction of sp³-hybridized carbons (Fsp3) is 0.214. The van der Waals surface area contributed by atoms with Gasteiger partial charge in [0, 0.05) is 24.0 Å². The summed E-state index contributed by atoms with van der Waals surface area (Å²) in [6.07, 6.45) is 4.52. The molecule has 0 saturated heterocycles. The minimum absolute atomic E-state index is 0.103. The molecule has 0 bridgehead atoms. The van der Waals surface area contributed by atoms with Gasteiger partial charge in [-0.25, -0.2) is 0 Å². The van der Waals surface area contributed by atoms with Crippen LogP contribution < -0.4 is 10.5 Å². The summed E-state index contributed by atoms with van der Waals surface area (Å²) in [6.45, 7) is 0.610. The second-order valence-corrected chi connectivity index (χ2v) is 4.34. The lowest BCUT2D eigenvalue weighted by atomic mass is 9.98. The molecular weight excluding hydrogens is 212 g/mol. The van der Waals surface area contributed by atoms with E-state index in [4.69, 9.17) is 10.5 Å². The summed E-state index contributed by atoms with van der Waals surface area (Å²) in [6, 6.07) is 10.3. The molecule has 1 aliphatic heterocycles. The van der Waals surface area contributed by atoms with Gasteiger partial charge in [-0.15, -0.1) is 0 Å². The highest BCUT2D eigenvalue weighted by Gasteiger charge is 2.16. The zero-order valence-electron chi connectivity index (χ0n) is 9.47. The summed E-state index contributed by atoms with van der Waals surface area (Å²) in [5.74, 6) is 0.958. The zero-order valence-corrected chi connectivity index (χ0v) is 9.47. The number of nitrogens with zero attached hydrogens (tertiary/aromatic N) is 1. The molecule has 3 heteroatoms. The van der Waals surface area contributed by atoms with Crippen LogP contribution in [-0.2, 0) is 6.42 Å². The summed E-state index contributed by atoms with van der Waals surface area (Å²) in [5.41, 5.74) is 9.37. The van der Waals surface area contributed by atoms with Crippen LogP contribution in [0.3, 0.4) is 0 Å². The fourth-order valence-electron chi connectivity index (χ4n) is 2.13. The van der Waals surface area contributed by atoms with Crippen LogP contribution in [0, 0.1) is 0 Å². The fourth-order valence-corrected chi connectivity index (χ4v) is 2.13. The van der Waals surface area contributed by atoms with Crippen LogP contribution in [0.2, 0.25) is 0 Å². The predicted molar refractivity (Wildman–Crippen MR) is 66.8 cm³/mol. The molecule has 0 radical (unpaired) electrons. The number of pyridine rings is 1. The Hall–Kier alpha value is -1.87. The van der Waals surface area contributed by atoms with Crippen molar-refractivity contribution in [1.82, 2.24) is 4.98 Å². The van der Waals surface area contributed by atoms with E-state index in [2.05, 4.69) is 23.2 Å². The molecule has 0 amide bonds. The Balaban J connectivity index is 2.01. The van der Waals surface area contributed by atoms with Crippen LogP contribution in [0.15, 0.2) is 42.7 Å². The summed E-state index contributed by atoms with van der Waals surface area (Å²) in [4.78, 5) is 4.13. The number of rotatable bonds is 1. The molecular formula is C14H14N2O. The van der Waals surface area contributed by atoms with E-state index in [1.165, 1.54) is 5.56 Å². The van der Waals surface area contributed by atoms with Crippen LogP contribution >= 0.6 is 0 Å². The van der Waals surface area contributed by atoms with Gasteiger partial charge >= 0.3 is 0 Å². The number of nitrogens with two attached hydrogens (primary N) is 1. The Labute approximate surface area is 100 Å². The molecule has 17 heavy (non-hydrogen) atoms. The second-order valence-electron chi connectivity index (χ2n) is 4.34. The molecule has 2 aromatic rings. The van der Waals surface area contributed by atoms with Crippen LogP contribution in [0.1, 0.15) is 5.56 Å². The quantitative estimate of drug-likeness (QED) is 0.809. The minimum Gasteiger partial charge on any atom is -0.492 e. The van der Waals surface area contributed by atoms with Crippen molar-refractivity contribution in [2.45, 2.75) is 12.5 Å². The molecule has 1 atom stereocenters. The topological polar surface area (TPSA) is 48.1 Å². The Morgan fingerprint density at radius 2 is 2.18 bits per heavy atom. The molecule has 2 N–H and O–H groups in total. The number of hydrogen-bond acceptors (Lipinski definition) is 3. The molecule has 0 spiro atoms. The van der Waals surface area contributed by atoms with Gasteiger partial charge in [0.25, 0.3) is 0 Å². The van der Waals surface area contributed by atoms with Crippen LogP contribution in [0.4, 0.5) is 0 Å². The first kappa shape index (κ1) is 10.3. The van der Waals surface area contributed by atoms with Gasteiger partial charge in [0.15, 0.2) is 0 Å². The molecule has 86 valence electrons. The molecule has 1 aromatic heterocycles. The van der Waals surface area contributed by atoms with E-state index in [1.54, 1.807) is 6.20 Å². The van der Waals surface area contributed by atoms with E-state index in [9.17, 15) is 0 Å². The molecule has 3 rings (SSSR count). The van der Waals surface area contributed by atoms with E-state index >= 15 is 0 Å². The lowest BCUT2D eigenvalue weighted by Gasteiger charge is -2.22. The maximum absolute atomic E-state index is 5.90. The number of fused-ring (bicyclic) bond motifs is 1. The molecule has 2 heterocycles. The summed E-state index contributed by atoms with van der Waals surface area (Å²) < 4.78 is 5.59. The maximum Gasteiger partial charge on any atom is 0.122 e. The Morgan fingerprint density at radius 1 is 1.24 bits per heavy atom. The van der Waals surface area contributed by atoms with E-state index in [0.29, 0.717) is 6.61 Å². The highest BCUT2D eigenvalue weighted by atomic mass is 16.5. The number of aromatic nitrogens is 1. The number of benzene rings is 1. The van der Waals surface area contributed by atoms with Gasteiger partial charge in [-0.2, -0.15) is 0 Å². The SMILES string of the molecule is N[C@@H]1COc2ccc(-c3cccnc3)cc2C1. The van der Waals surface area contributed by atoms with E-state index in [-0.39, 0.29) is 6.04 Å². The van der Waals surface area contributed by atoms with Crippen molar-refractivity contribution in [3.8, 4) is 16.9 Å². The molecule has 0 aliphatic carbocycles. The van der Waals surface area contributed by atoms with E-state index in [1.807, 2.05) is 18.3 Å². The smallest absolute Gasteiger partial charge is 0.122 e. The van der Waals surface area contributed by atoms with Gasteiger partial charge in [-0.3, -0.25) is 4.98 Å². The average Bonchev–Trinajstić information content (AvgIpc) is 2.39. The largest absolute Gasteiger partial charge is 0.492 e. The lowest BCUT2D eigenvalue weighted by Crippen LogP contribution is -2.33. The summed E-state index contributed by atoms with van der Waals surface area (Å²) >= 11 is 0. The second kappa shape index (κ2) is 4.18. The first-order valence-electron chi connectivity index (χ1n) is 5.74. The monoisotopic (exact) mass is 226 g/mol. The third-order valence-corrected chi connectivity index (χ3v) is 2.99. The number of hydrogen-bond donors (Lipinski definition) is 1. The lowest BCUT2D eigenvalue weighted by molar-refractivity contribution is 0.263. The Morgan fingerprint density at radius 3 is 3.00 bits per heavy atom. The van der Waals surface area contributed by atoms with Gasteiger partial charge in [0.1, 0.15) is 12.4 Å². The summed E-state index contributed by atoms with van der Waals surface area (Å²) in [7, 11) is 0. The van der Waals surface area contributed by atoms with Gasteiger partial charge in [-0.05, 0) is 35.7 Å². The first-order valence-corrected chi connectivity index (χ1v) is 5.74. The van der Waals surface area contributed by atoms with Crippen molar-refractivity contribution in [2.24, 2.45) is 5.73 Å². The van der Waals surface area contributed by atoms with Gasteiger partial charge in [-0.1, -0.05) is 12.1 Å². The predicted octanol–water partition coefficient (Wildman–Crippen LogP) is 2.01. The molecule has 3 nitrogen and oxygen atoms in total. The minimum atomic E-state index is 0.103. The van der Waals surface area contributed by atoms with E-state index < -0.39 is 0 Å². The Kier molecular flexibility index (Phi) is 2.53. The first-order chi connectivity index (χ1) is 8.33. The third-order valence-electron chi connectivity index (χ3n) is 2.99. The van der Waals surface area contributed by atoms with Crippen molar-refractivity contribution in [2.75, 3.05) is 6.61 Å².